The molecule has 0 aromatic rings. The lowest BCUT2D eigenvalue weighted by Gasteiger charge is -2.24. The van der Waals surface area contributed by atoms with Crippen molar-refractivity contribution >= 4 is 0 Å². The lowest BCUT2D eigenvalue weighted by atomic mass is 9.85. The van der Waals surface area contributed by atoms with E-state index >= 15 is 0 Å². The summed E-state index contributed by atoms with van der Waals surface area (Å²) in [5.41, 5.74) is 0. The second-order valence-electron chi connectivity index (χ2n) is 4.02. The molecule has 1 rings (SSSR count). The van der Waals surface area contributed by atoms with Crippen LogP contribution >= 0.6 is 0 Å². The molecule has 1 aliphatic carbocycles. The van der Waals surface area contributed by atoms with Crippen molar-refractivity contribution in [3.63, 3.8) is 0 Å². The first-order valence-electron chi connectivity index (χ1n) is 5.56. The van der Waals surface area contributed by atoms with Gasteiger partial charge in [0.05, 0.1) is 6.04 Å². The Morgan fingerprint density at radius 2 is 2.08 bits per heavy atom. The van der Waals surface area contributed by atoms with Gasteiger partial charge >= 0.3 is 0 Å². The van der Waals surface area contributed by atoms with E-state index in [1.54, 1.807) is 0 Å². The van der Waals surface area contributed by atoms with Crippen molar-refractivity contribution < 1.29 is 0 Å². The minimum atomic E-state index is 0.313. The minimum absolute atomic E-state index is 0.313. The van der Waals surface area contributed by atoms with Crippen LogP contribution in [0.3, 0.4) is 0 Å². The molecule has 0 amide bonds. The SMILES string of the molecule is C#CC(CC1CCCCC1)NCC. The Morgan fingerprint density at radius 1 is 1.38 bits per heavy atom. The predicted molar refractivity (Wildman–Crippen MR) is 57.5 cm³/mol. The number of hydrogen-bond donors (Lipinski definition) is 1. The van der Waals surface area contributed by atoms with Gasteiger partial charge in [-0.3, -0.25) is 0 Å². The first kappa shape index (κ1) is 10.6. The zero-order valence-corrected chi connectivity index (χ0v) is 8.68. The molecule has 1 unspecified atom stereocenters. The maximum absolute atomic E-state index is 5.46. The molecule has 1 N–H and O–H groups in total. The molecule has 1 fully saturated rings. The predicted octanol–water partition coefficient (Wildman–Crippen LogP) is 2.57. The van der Waals surface area contributed by atoms with Gasteiger partial charge in [-0.15, -0.1) is 6.42 Å². The fourth-order valence-electron chi connectivity index (χ4n) is 2.21. The molecular weight excluding hydrogens is 158 g/mol. The lowest BCUT2D eigenvalue weighted by Crippen LogP contribution is -2.30. The largest absolute Gasteiger partial charge is 0.304 e. The summed E-state index contributed by atoms with van der Waals surface area (Å²) in [5, 5.41) is 3.34. The van der Waals surface area contributed by atoms with E-state index in [9.17, 15) is 0 Å². The van der Waals surface area contributed by atoms with E-state index in [4.69, 9.17) is 6.42 Å². The third-order valence-electron chi connectivity index (χ3n) is 2.95. The molecule has 74 valence electrons. The highest BCUT2D eigenvalue weighted by molar-refractivity contribution is 4.99. The average molecular weight is 179 g/mol. The molecule has 0 aromatic carbocycles. The highest BCUT2D eigenvalue weighted by Crippen LogP contribution is 2.27. The van der Waals surface area contributed by atoms with Crippen LogP contribution in [0.2, 0.25) is 0 Å². The van der Waals surface area contributed by atoms with Crippen LogP contribution in [-0.4, -0.2) is 12.6 Å². The van der Waals surface area contributed by atoms with Crippen LogP contribution in [0, 0.1) is 18.3 Å². The van der Waals surface area contributed by atoms with E-state index in [-0.39, 0.29) is 0 Å². The van der Waals surface area contributed by atoms with Crippen molar-refractivity contribution in [3.05, 3.63) is 0 Å². The smallest absolute Gasteiger partial charge is 0.0689 e. The van der Waals surface area contributed by atoms with Crippen LogP contribution in [-0.2, 0) is 0 Å². The van der Waals surface area contributed by atoms with Gasteiger partial charge in [0.1, 0.15) is 0 Å². The second-order valence-corrected chi connectivity index (χ2v) is 4.02. The summed E-state index contributed by atoms with van der Waals surface area (Å²) in [6.07, 6.45) is 13.7. The van der Waals surface area contributed by atoms with Crippen molar-refractivity contribution in [1.29, 1.82) is 0 Å². The molecule has 0 saturated heterocycles. The van der Waals surface area contributed by atoms with E-state index in [0.29, 0.717) is 6.04 Å². The summed E-state index contributed by atoms with van der Waals surface area (Å²) in [4.78, 5) is 0. The molecule has 0 aromatic heterocycles. The standard InChI is InChI=1S/C12H21N/c1-3-12(13-4-2)10-11-8-6-5-7-9-11/h1,11-13H,4-10H2,2H3. The van der Waals surface area contributed by atoms with Crippen LogP contribution in [0.5, 0.6) is 0 Å². The van der Waals surface area contributed by atoms with Crippen LogP contribution < -0.4 is 5.32 Å². The third kappa shape index (κ3) is 3.83. The number of terminal acetylenes is 1. The molecular formula is C12H21N. The van der Waals surface area contributed by atoms with Gasteiger partial charge in [-0.05, 0) is 18.9 Å². The zero-order chi connectivity index (χ0) is 9.52. The van der Waals surface area contributed by atoms with Gasteiger partial charge in [-0.2, -0.15) is 0 Å². The van der Waals surface area contributed by atoms with Crippen molar-refractivity contribution in [1.82, 2.24) is 5.32 Å². The second kappa shape index (κ2) is 6.05. The van der Waals surface area contributed by atoms with Crippen LogP contribution in [0.15, 0.2) is 0 Å². The van der Waals surface area contributed by atoms with Gasteiger partial charge < -0.3 is 5.32 Å². The maximum atomic E-state index is 5.46. The fourth-order valence-corrected chi connectivity index (χ4v) is 2.21. The average Bonchev–Trinajstić information content (AvgIpc) is 2.19. The van der Waals surface area contributed by atoms with Gasteiger partial charge in [0.2, 0.25) is 0 Å². The summed E-state index contributed by atoms with van der Waals surface area (Å²) in [6.45, 7) is 3.10. The highest BCUT2D eigenvalue weighted by Gasteiger charge is 2.16. The summed E-state index contributed by atoms with van der Waals surface area (Å²) in [7, 11) is 0. The Morgan fingerprint density at radius 3 is 2.62 bits per heavy atom. The highest BCUT2D eigenvalue weighted by atomic mass is 14.9. The molecule has 1 aliphatic rings. The van der Waals surface area contributed by atoms with Gasteiger partial charge in [-0.25, -0.2) is 0 Å². The number of rotatable bonds is 4. The monoisotopic (exact) mass is 179 g/mol. The molecule has 0 radical (unpaired) electrons. The van der Waals surface area contributed by atoms with E-state index in [1.807, 2.05) is 0 Å². The van der Waals surface area contributed by atoms with E-state index in [0.717, 1.165) is 12.5 Å². The van der Waals surface area contributed by atoms with Crippen LogP contribution in [0.25, 0.3) is 0 Å². The lowest BCUT2D eigenvalue weighted by molar-refractivity contribution is 0.319. The molecule has 0 aliphatic heterocycles. The topological polar surface area (TPSA) is 12.0 Å². The Balaban J connectivity index is 2.24. The van der Waals surface area contributed by atoms with Crippen molar-refractivity contribution in [2.75, 3.05) is 6.54 Å². The molecule has 0 heterocycles. The molecule has 13 heavy (non-hydrogen) atoms. The van der Waals surface area contributed by atoms with Gasteiger partial charge in [0.15, 0.2) is 0 Å². The molecule has 1 heteroatoms. The first-order chi connectivity index (χ1) is 6.36. The Kier molecular flexibility index (Phi) is 4.93. The van der Waals surface area contributed by atoms with Crippen molar-refractivity contribution in [3.8, 4) is 12.3 Å². The molecule has 0 spiro atoms. The number of nitrogens with one attached hydrogen (secondary N) is 1. The van der Waals surface area contributed by atoms with E-state index in [2.05, 4.69) is 18.2 Å². The maximum Gasteiger partial charge on any atom is 0.0689 e. The first-order valence-corrected chi connectivity index (χ1v) is 5.56. The van der Waals surface area contributed by atoms with Gasteiger partial charge in [0.25, 0.3) is 0 Å². The van der Waals surface area contributed by atoms with Crippen molar-refractivity contribution in [2.45, 2.75) is 51.5 Å². The minimum Gasteiger partial charge on any atom is -0.304 e. The van der Waals surface area contributed by atoms with Crippen molar-refractivity contribution in [2.24, 2.45) is 5.92 Å². The Hall–Kier alpha value is -0.480. The zero-order valence-electron chi connectivity index (χ0n) is 8.68. The third-order valence-corrected chi connectivity index (χ3v) is 2.95. The normalized spacial score (nSPS) is 20.9. The van der Waals surface area contributed by atoms with E-state index in [1.165, 1.54) is 38.5 Å². The Bertz CT molecular complexity index is 162. The molecule has 1 saturated carbocycles. The number of hydrogen-bond acceptors (Lipinski definition) is 1. The van der Waals surface area contributed by atoms with E-state index < -0.39 is 0 Å². The molecule has 1 atom stereocenters. The summed E-state index contributed by atoms with van der Waals surface area (Å²) >= 11 is 0. The molecule has 1 nitrogen and oxygen atoms in total. The summed E-state index contributed by atoms with van der Waals surface area (Å²) in [6, 6.07) is 0.313. The van der Waals surface area contributed by atoms with Crippen LogP contribution in [0.1, 0.15) is 45.4 Å². The van der Waals surface area contributed by atoms with Crippen LogP contribution in [0.4, 0.5) is 0 Å². The molecule has 0 bridgehead atoms. The van der Waals surface area contributed by atoms with Gasteiger partial charge in [0, 0.05) is 0 Å². The Labute approximate surface area is 82.3 Å². The van der Waals surface area contributed by atoms with Gasteiger partial charge in [-0.1, -0.05) is 44.9 Å². The fraction of sp³-hybridized carbons (Fsp3) is 0.833. The summed E-state index contributed by atoms with van der Waals surface area (Å²) in [5.74, 6) is 3.72. The summed E-state index contributed by atoms with van der Waals surface area (Å²) < 4.78 is 0. The quantitative estimate of drug-likeness (QED) is 0.654.